The molecule has 37 heavy (non-hydrogen) atoms. The van der Waals surface area contributed by atoms with E-state index >= 15 is 0 Å². The Morgan fingerprint density at radius 2 is 1.97 bits per heavy atom. The highest BCUT2D eigenvalue weighted by molar-refractivity contribution is 5.78. The second-order valence-electron chi connectivity index (χ2n) is 13.1. The number of allylic oxidation sites excluding steroid dienone is 2. The third-order valence-corrected chi connectivity index (χ3v) is 10.7. The zero-order valence-corrected chi connectivity index (χ0v) is 22.9. The van der Waals surface area contributed by atoms with Crippen molar-refractivity contribution in [2.24, 2.45) is 40.9 Å². The smallest absolute Gasteiger partial charge is 0.338 e. The third kappa shape index (κ3) is 4.20. The molecular formula is C30H44O7. The molecule has 0 spiro atoms. The Morgan fingerprint density at radius 3 is 2.62 bits per heavy atom. The Hall–Kier alpha value is -1.70. The van der Waals surface area contributed by atoms with Gasteiger partial charge < -0.3 is 24.4 Å². The van der Waals surface area contributed by atoms with Crippen molar-refractivity contribution in [2.75, 3.05) is 6.61 Å². The number of fused-ring (bicyclic) bond motifs is 3. The summed E-state index contributed by atoms with van der Waals surface area (Å²) in [6.45, 7) is 15.6. The summed E-state index contributed by atoms with van der Waals surface area (Å²) in [4.78, 5) is 25.5. The lowest BCUT2D eigenvalue weighted by Gasteiger charge is -2.54. The molecule has 11 unspecified atom stereocenters. The number of rotatable bonds is 3. The second-order valence-corrected chi connectivity index (χ2v) is 13.1. The van der Waals surface area contributed by atoms with Gasteiger partial charge in [0.1, 0.15) is 17.8 Å². The van der Waals surface area contributed by atoms with Crippen molar-refractivity contribution in [3.63, 3.8) is 0 Å². The van der Waals surface area contributed by atoms with Gasteiger partial charge in [-0.3, -0.25) is 0 Å². The van der Waals surface area contributed by atoms with E-state index in [2.05, 4.69) is 40.3 Å². The van der Waals surface area contributed by atoms with Crippen molar-refractivity contribution < 1.29 is 34.0 Å². The molecule has 5 aliphatic rings. The SMILES string of the molecule is C=C1C2CC3C(C(C)C)C(OC(=O)C4CCCO4)CC3(C)CC2C(C)=CCC2C(C)OC(=O)C(O)C12O. The maximum atomic E-state index is 12.9. The summed E-state index contributed by atoms with van der Waals surface area (Å²) in [6.07, 6.45) is 3.93. The standard InChI is InChI=1S/C30H44O7/c1-15(2)25-22-12-19-17(4)30(34)21(18(5)36-28(33)26(30)31)10-9-16(3)20(19)13-29(22,6)14-24(25)37-27(32)23-8-7-11-35-23/h9,15,18-26,31,34H,4,7-8,10-14H2,1-3,5-6H3. The number of ether oxygens (including phenoxy) is 3. The lowest BCUT2D eigenvalue weighted by Crippen LogP contribution is -2.63. The number of hydrogen-bond acceptors (Lipinski definition) is 7. The molecule has 0 aromatic rings. The molecule has 0 amide bonds. The van der Waals surface area contributed by atoms with Crippen molar-refractivity contribution in [2.45, 2.75) is 103 Å². The van der Waals surface area contributed by atoms with Gasteiger partial charge in [-0.15, -0.1) is 0 Å². The molecule has 2 saturated carbocycles. The first-order valence-corrected chi connectivity index (χ1v) is 14.2. The van der Waals surface area contributed by atoms with Crippen molar-refractivity contribution in [1.29, 1.82) is 0 Å². The van der Waals surface area contributed by atoms with Crippen LogP contribution in [0.5, 0.6) is 0 Å². The summed E-state index contributed by atoms with van der Waals surface area (Å²) in [7, 11) is 0. The first kappa shape index (κ1) is 26.9. The summed E-state index contributed by atoms with van der Waals surface area (Å²) >= 11 is 0. The summed E-state index contributed by atoms with van der Waals surface area (Å²) in [5.41, 5.74) is 0.0360. The van der Waals surface area contributed by atoms with Gasteiger partial charge in [0.2, 0.25) is 0 Å². The largest absolute Gasteiger partial charge is 0.460 e. The molecule has 2 aliphatic heterocycles. The van der Waals surface area contributed by atoms with E-state index in [1.165, 1.54) is 5.57 Å². The molecule has 0 aromatic carbocycles. The normalized spacial score (nSPS) is 47.8. The van der Waals surface area contributed by atoms with Crippen LogP contribution in [0, 0.1) is 40.9 Å². The predicted octanol–water partition coefficient (Wildman–Crippen LogP) is 3.96. The van der Waals surface area contributed by atoms with Gasteiger partial charge in [0.15, 0.2) is 12.2 Å². The summed E-state index contributed by atoms with van der Waals surface area (Å²) in [5, 5.41) is 22.9. The Kier molecular flexibility index (Phi) is 6.90. The highest BCUT2D eigenvalue weighted by Crippen LogP contribution is 2.63. The fraction of sp³-hybridized carbons (Fsp3) is 0.800. The molecule has 2 heterocycles. The molecule has 0 radical (unpaired) electrons. The van der Waals surface area contributed by atoms with Crippen LogP contribution in [0.15, 0.2) is 23.8 Å². The van der Waals surface area contributed by atoms with E-state index < -0.39 is 35.8 Å². The Balaban J connectivity index is 1.48. The van der Waals surface area contributed by atoms with Gasteiger partial charge in [-0.05, 0) is 87.0 Å². The van der Waals surface area contributed by atoms with Gasteiger partial charge in [0.05, 0.1) is 0 Å². The highest BCUT2D eigenvalue weighted by atomic mass is 16.6. The second kappa shape index (κ2) is 9.49. The van der Waals surface area contributed by atoms with Gasteiger partial charge in [0, 0.05) is 18.4 Å². The van der Waals surface area contributed by atoms with Gasteiger partial charge >= 0.3 is 11.9 Å². The lowest BCUT2D eigenvalue weighted by molar-refractivity contribution is -0.209. The van der Waals surface area contributed by atoms with Crippen LogP contribution in [0.25, 0.3) is 0 Å². The van der Waals surface area contributed by atoms with E-state index in [9.17, 15) is 19.8 Å². The Labute approximate surface area is 220 Å². The summed E-state index contributed by atoms with van der Waals surface area (Å²) < 4.78 is 17.2. The van der Waals surface area contributed by atoms with Crippen LogP contribution in [-0.4, -0.2) is 58.8 Å². The number of carbonyl (C=O) groups excluding carboxylic acids is 2. The lowest BCUT2D eigenvalue weighted by atomic mass is 9.53. The van der Waals surface area contributed by atoms with Crippen LogP contribution >= 0.6 is 0 Å². The summed E-state index contributed by atoms with van der Waals surface area (Å²) in [6, 6.07) is 0. The predicted molar refractivity (Wildman–Crippen MR) is 137 cm³/mol. The molecule has 0 bridgehead atoms. The van der Waals surface area contributed by atoms with E-state index in [-0.39, 0.29) is 41.2 Å². The number of aliphatic hydroxyl groups excluding tert-OH is 1. The van der Waals surface area contributed by atoms with E-state index in [0.29, 0.717) is 24.5 Å². The number of carbonyl (C=O) groups is 2. The van der Waals surface area contributed by atoms with E-state index in [1.54, 1.807) is 6.92 Å². The number of esters is 2. The molecule has 7 nitrogen and oxygen atoms in total. The maximum Gasteiger partial charge on any atom is 0.338 e. The molecule has 3 aliphatic carbocycles. The molecular weight excluding hydrogens is 472 g/mol. The first-order valence-electron chi connectivity index (χ1n) is 14.2. The molecule has 0 aromatic heterocycles. The van der Waals surface area contributed by atoms with Crippen LogP contribution in [0.4, 0.5) is 0 Å². The summed E-state index contributed by atoms with van der Waals surface area (Å²) in [5.74, 6) is -0.707. The Bertz CT molecular complexity index is 980. The quantitative estimate of drug-likeness (QED) is 0.432. The zero-order chi connectivity index (χ0) is 26.9. The molecule has 4 fully saturated rings. The average molecular weight is 517 g/mol. The van der Waals surface area contributed by atoms with Gasteiger partial charge in [0.25, 0.3) is 0 Å². The monoisotopic (exact) mass is 516 g/mol. The maximum absolute atomic E-state index is 12.9. The van der Waals surface area contributed by atoms with Crippen LogP contribution in [0.3, 0.4) is 0 Å². The van der Waals surface area contributed by atoms with Crippen molar-refractivity contribution in [3.8, 4) is 0 Å². The fourth-order valence-corrected chi connectivity index (χ4v) is 8.71. The molecule has 5 rings (SSSR count). The van der Waals surface area contributed by atoms with Gasteiger partial charge in [-0.1, -0.05) is 39.0 Å². The molecule has 2 N–H and O–H groups in total. The van der Waals surface area contributed by atoms with Crippen LogP contribution in [-0.2, 0) is 23.8 Å². The number of hydrogen-bond donors (Lipinski definition) is 2. The van der Waals surface area contributed by atoms with Crippen LogP contribution < -0.4 is 0 Å². The minimum absolute atomic E-state index is 0.0361. The van der Waals surface area contributed by atoms with Crippen molar-refractivity contribution in [3.05, 3.63) is 23.8 Å². The minimum atomic E-state index is -1.74. The molecule has 11 atom stereocenters. The van der Waals surface area contributed by atoms with Crippen LogP contribution in [0.2, 0.25) is 0 Å². The van der Waals surface area contributed by atoms with E-state index in [0.717, 1.165) is 32.1 Å². The van der Waals surface area contributed by atoms with E-state index in [4.69, 9.17) is 14.2 Å². The Morgan fingerprint density at radius 1 is 1.24 bits per heavy atom. The van der Waals surface area contributed by atoms with Gasteiger partial charge in [-0.25, -0.2) is 9.59 Å². The first-order chi connectivity index (χ1) is 17.4. The number of aliphatic hydroxyl groups is 2. The van der Waals surface area contributed by atoms with Crippen molar-refractivity contribution in [1.82, 2.24) is 0 Å². The van der Waals surface area contributed by atoms with E-state index in [1.807, 2.05) is 0 Å². The fourth-order valence-electron chi connectivity index (χ4n) is 8.71. The number of cyclic esters (lactones) is 1. The van der Waals surface area contributed by atoms with Gasteiger partial charge in [-0.2, -0.15) is 0 Å². The van der Waals surface area contributed by atoms with Crippen molar-refractivity contribution >= 4 is 11.9 Å². The molecule has 7 heteroatoms. The highest BCUT2D eigenvalue weighted by Gasteiger charge is 2.62. The van der Waals surface area contributed by atoms with Crippen LogP contribution in [0.1, 0.15) is 73.1 Å². The topological polar surface area (TPSA) is 102 Å². The third-order valence-electron chi connectivity index (χ3n) is 10.7. The minimum Gasteiger partial charge on any atom is -0.460 e. The molecule has 206 valence electrons. The molecule has 2 saturated heterocycles. The average Bonchev–Trinajstić information content (AvgIpc) is 3.46. The zero-order valence-electron chi connectivity index (χ0n) is 22.9.